The minimum atomic E-state index is -0.427. The van der Waals surface area contributed by atoms with Gasteiger partial charge in [-0.3, -0.25) is 4.90 Å². The van der Waals surface area contributed by atoms with Gasteiger partial charge in [0.2, 0.25) is 0 Å². The number of hydrogen-bond donors (Lipinski definition) is 0. The van der Waals surface area contributed by atoms with Gasteiger partial charge >= 0.3 is 0 Å². The third-order valence-corrected chi connectivity index (χ3v) is 3.50. The van der Waals surface area contributed by atoms with E-state index in [0.717, 1.165) is 31.1 Å². The molecule has 0 aliphatic carbocycles. The molecule has 90 valence electrons. The molecule has 0 N–H and O–H groups in total. The van der Waals surface area contributed by atoms with E-state index in [-0.39, 0.29) is 5.56 Å². The van der Waals surface area contributed by atoms with E-state index < -0.39 is 5.82 Å². The number of benzene rings is 1. The maximum atomic E-state index is 13.2. The van der Waals surface area contributed by atoms with Crippen LogP contribution in [0.25, 0.3) is 0 Å². The lowest BCUT2D eigenvalue weighted by Crippen LogP contribution is -2.20. The smallest absolute Gasteiger partial charge is 0.140 e. The van der Waals surface area contributed by atoms with Gasteiger partial charge in [0.25, 0.3) is 0 Å². The largest absolute Gasteiger partial charge is 0.299 e. The SMILES string of the molecule is CCC1CCN(Cc2ccc(F)c(C#N)c2)C1. The van der Waals surface area contributed by atoms with Gasteiger partial charge in [0.15, 0.2) is 0 Å². The summed E-state index contributed by atoms with van der Waals surface area (Å²) < 4.78 is 13.2. The monoisotopic (exact) mass is 232 g/mol. The number of rotatable bonds is 3. The minimum Gasteiger partial charge on any atom is -0.299 e. The van der Waals surface area contributed by atoms with Gasteiger partial charge in [-0.2, -0.15) is 5.26 Å². The third kappa shape index (κ3) is 2.83. The molecular formula is C14H17FN2. The van der Waals surface area contributed by atoms with Gasteiger partial charge in [-0.05, 0) is 36.6 Å². The lowest BCUT2D eigenvalue weighted by Gasteiger charge is -2.15. The highest BCUT2D eigenvalue weighted by atomic mass is 19.1. The van der Waals surface area contributed by atoms with Gasteiger partial charge in [-0.15, -0.1) is 0 Å². The summed E-state index contributed by atoms with van der Waals surface area (Å²) in [5.41, 5.74) is 1.17. The molecule has 1 saturated heterocycles. The van der Waals surface area contributed by atoms with Crippen LogP contribution in [0.1, 0.15) is 30.9 Å². The van der Waals surface area contributed by atoms with Crippen molar-refractivity contribution in [2.75, 3.05) is 13.1 Å². The Morgan fingerprint density at radius 1 is 1.53 bits per heavy atom. The molecule has 2 rings (SSSR count). The first-order valence-corrected chi connectivity index (χ1v) is 6.13. The summed E-state index contributed by atoms with van der Waals surface area (Å²) in [5.74, 6) is 0.370. The molecule has 0 saturated carbocycles. The van der Waals surface area contributed by atoms with Crippen LogP contribution in [0, 0.1) is 23.1 Å². The molecule has 1 fully saturated rings. The average Bonchev–Trinajstić information content (AvgIpc) is 2.79. The fraction of sp³-hybridized carbons (Fsp3) is 0.500. The summed E-state index contributed by atoms with van der Waals surface area (Å²) in [5, 5.41) is 8.78. The number of likely N-dealkylation sites (tertiary alicyclic amines) is 1. The molecule has 1 unspecified atom stereocenters. The van der Waals surface area contributed by atoms with Crippen LogP contribution < -0.4 is 0 Å². The van der Waals surface area contributed by atoms with Crippen LogP contribution in [0.3, 0.4) is 0 Å². The maximum Gasteiger partial charge on any atom is 0.140 e. The lowest BCUT2D eigenvalue weighted by molar-refractivity contribution is 0.315. The first-order chi connectivity index (χ1) is 8.22. The topological polar surface area (TPSA) is 27.0 Å². The summed E-state index contributed by atoms with van der Waals surface area (Å²) >= 11 is 0. The fourth-order valence-corrected chi connectivity index (χ4v) is 2.40. The zero-order valence-electron chi connectivity index (χ0n) is 10.1. The van der Waals surface area contributed by atoms with E-state index >= 15 is 0 Å². The zero-order valence-corrected chi connectivity index (χ0v) is 10.1. The quantitative estimate of drug-likeness (QED) is 0.801. The summed E-state index contributed by atoms with van der Waals surface area (Å²) in [7, 11) is 0. The van der Waals surface area contributed by atoms with E-state index in [4.69, 9.17) is 5.26 Å². The molecule has 0 bridgehead atoms. The molecule has 1 aromatic carbocycles. The molecule has 2 nitrogen and oxygen atoms in total. The second-order valence-corrected chi connectivity index (χ2v) is 4.72. The van der Waals surface area contributed by atoms with Crippen LogP contribution in [-0.2, 0) is 6.54 Å². The van der Waals surface area contributed by atoms with Crippen molar-refractivity contribution in [3.05, 3.63) is 35.1 Å². The summed E-state index contributed by atoms with van der Waals surface area (Å²) in [4.78, 5) is 2.38. The second kappa shape index (κ2) is 5.29. The van der Waals surface area contributed by atoms with Crippen molar-refractivity contribution in [2.45, 2.75) is 26.3 Å². The van der Waals surface area contributed by atoms with Crippen LogP contribution in [-0.4, -0.2) is 18.0 Å². The molecule has 1 atom stereocenters. The minimum absolute atomic E-state index is 0.147. The molecule has 1 aromatic rings. The van der Waals surface area contributed by atoms with Gasteiger partial charge in [-0.1, -0.05) is 19.4 Å². The van der Waals surface area contributed by atoms with Crippen molar-refractivity contribution in [3.63, 3.8) is 0 Å². The van der Waals surface area contributed by atoms with Crippen LogP contribution in [0.2, 0.25) is 0 Å². The Bertz CT molecular complexity index is 436. The molecule has 1 aliphatic rings. The molecule has 1 aliphatic heterocycles. The third-order valence-electron chi connectivity index (χ3n) is 3.50. The van der Waals surface area contributed by atoms with E-state index in [0.29, 0.717) is 0 Å². The highest BCUT2D eigenvalue weighted by molar-refractivity contribution is 5.34. The van der Waals surface area contributed by atoms with Crippen molar-refractivity contribution < 1.29 is 4.39 Å². The Morgan fingerprint density at radius 2 is 2.35 bits per heavy atom. The molecule has 3 heteroatoms. The molecule has 1 heterocycles. The summed E-state index contributed by atoms with van der Waals surface area (Å²) in [6.45, 7) is 5.28. The average molecular weight is 232 g/mol. The summed E-state index contributed by atoms with van der Waals surface area (Å²) in [6.07, 6.45) is 2.48. The predicted molar refractivity (Wildman–Crippen MR) is 64.8 cm³/mol. The number of nitriles is 1. The molecular weight excluding hydrogens is 215 g/mol. The molecule has 0 spiro atoms. The highest BCUT2D eigenvalue weighted by Gasteiger charge is 2.20. The standard InChI is InChI=1S/C14H17FN2/c1-2-11-5-6-17(9-11)10-12-3-4-14(15)13(7-12)8-16/h3-4,7,11H,2,5-6,9-10H2,1H3. The molecule has 0 amide bonds. The second-order valence-electron chi connectivity index (χ2n) is 4.72. The van der Waals surface area contributed by atoms with Crippen molar-refractivity contribution in [2.24, 2.45) is 5.92 Å². The fourth-order valence-electron chi connectivity index (χ4n) is 2.40. The lowest BCUT2D eigenvalue weighted by atomic mass is 10.1. The van der Waals surface area contributed by atoms with Gasteiger partial charge in [-0.25, -0.2) is 4.39 Å². The Labute approximate surface area is 102 Å². The number of halogens is 1. The van der Waals surface area contributed by atoms with E-state index in [2.05, 4.69) is 11.8 Å². The van der Waals surface area contributed by atoms with Gasteiger partial charge < -0.3 is 0 Å². The Hall–Kier alpha value is -1.40. The number of nitrogens with zero attached hydrogens (tertiary/aromatic N) is 2. The van der Waals surface area contributed by atoms with Crippen LogP contribution >= 0.6 is 0 Å². The zero-order chi connectivity index (χ0) is 12.3. The first-order valence-electron chi connectivity index (χ1n) is 6.13. The van der Waals surface area contributed by atoms with Crippen molar-refractivity contribution in [1.82, 2.24) is 4.90 Å². The van der Waals surface area contributed by atoms with Crippen LogP contribution in [0.15, 0.2) is 18.2 Å². The Balaban J connectivity index is 2.02. The van der Waals surface area contributed by atoms with Crippen molar-refractivity contribution in [1.29, 1.82) is 5.26 Å². The predicted octanol–water partition coefficient (Wildman–Crippen LogP) is 2.93. The van der Waals surface area contributed by atoms with Crippen LogP contribution in [0.5, 0.6) is 0 Å². The van der Waals surface area contributed by atoms with Gasteiger partial charge in [0, 0.05) is 13.1 Å². The van der Waals surface area contributed by atoms with E-state index in [1.807, 2.05) is 6.07 Å². The van der Waals surface area contributed by atoms with E-state index in [9.17, 15) is 4.39 Å². The van der Waals surface area contributed by atoms with Gasteiger partial charge in [0.05, 0.1) is 5.56 Å². The first kappa shape index (κ1) is 12.1. The van der Waals surface area contributed by atoms with E-state index in [1.54, 1.807) is 12.1 Å². The highest BCUT2D eigenvalue weighted by Crippen LogP contribution is 2.21. The molecule has 0 aromatic heterocycles. The summed E-state index contributed by atoms with van der Waals surface area (Å²) in [6, 6.07) is 6.71. The Morgan fingerprint density at radius 3 is 3.00 bits per heavy atom. The number of hydrogen-bond acceptors (Lipinski definition) is 2. The van der Waals surface area contributed by atoms with Gasteiger partial charge in [0.1, 0.15) is 11.9 Å². The molecule has 0 radical (unpaired) electrons. The van der Waals surface area contributed by atoms with Crippen molar-refractivity contribution in [3.8, 4) is 6.07 Å². The van der Waals surface area contributed by atoms with Crippen LogP contribution in [0.4, 0.5) is 4.39 Å². The maximum absolute atomic E-state index is 13.2. The van der Waals surface area contributed by atoms with E-state index in [1.165, 1.54) is 18.9 Å². The molecule has 17 heavy (non-hydrogen) atoms. The van der Waals surface area contributed by atoms with Crippen molar-refractivity contribution >= 4 is 0 Å². The Kier molecular flexibility index (Phi) is 3.75. The normalized spacial score (nSPS) is 20.4.